The van der Waals surface area contributed by atoms with Gasteiger partial charge in [0.05, 0.1) is 37.8 Å². The molecular weight excluding hydrogens is 576 g/mol. The van der Waals surface area contributed by atoms with Crippen LogP contribution in [0.4, 0.5) is 4.79 Å². The summed E-state index contributed by atoms with van der Waals surface area (Å²) >= 11 is 0. The van der Waals surface area contributed by atoms with Gasteiger partial charge in [0.2, 0.25) is 0 Å². The number of H-pyrrole nitrogens is 1. The minimum absolute atomic E-state index is 0.0184. The number of imidazole rings is 1. The predicted octanol–water partition coefficient (Wildman–Crippen LogP) is 6.39. The standard InChI is InChI=1S/C33H42N4O6Si/c1-21-16-27(40-5)29(23-12-13-36(30(21)23)32(39)43-33(2,3)4)24(18-28(38)41-6)31-35-25-17-22(19-34)10-11-26(25)37(31)20-42-14-15-44(7,8)9/h10-13,16-17,24H,14-15,18,20H2,1-9H3/p+1. The van der Waals surface area contributed by atoms with Gasteiger partial charge in [-0.1, -0.05) is 19.6 Å². The number of methoxy groups -OCH3 is 2. The highest BCUT2D eigenvalue weighted by Crippen LogP contribution is 2.41. The summed E-state index contributed by atoms with van der Waals surface area (Å²) in [7, 11) is 1.62. The van der Waals surface area contributed by atoms with Crippen LogP contribution in [0, 0.1) is 18.3 Å². The molecule has 0 saturated heterocycles. The van der Waals surface area contributed by atoms with Crippen LogP contribution in [0.3, 0.4) is 0 Å². The van der Waals surface area contributed by atoms with Gasteiger partial charge in [0.15, 0.2) is 17.8 Å². The molecule has 44 heavy (non-hydrogen) atoms. The second kappa shape index (κ2) is 12.8. The van der Waals surface area contributed by atoms with Gasteiger partial charge in [-0.05, 0) is 63.6 Å². The second-order valence-corrected chi connectivity index (χ2v) is 18.8. The number of nitrogens with zero attached hydrogens (tertiary/aromatic N) is 3. The van der Waals surface area contributed by atoms with Crippen molar-refractivity contribution in [1.82, 2.24) is 9.55 Å². The Morgan fingerprint density at radius 3 is 2.48 bits per heavy atom. The Bertz CT molecular complexity index is 1740. The molecule has 2 aromatic heterocycles. The molecule has 0 radical (unpaired) electrons. The molecule has 0 amide bonds. The topological polar surface area (TPSA) is 119 Å². The molecule has 1 unspecified atom stereocenters. The fourth-order valence-corrected chi connectivity index (χ4v) is 6.09. The molecule has 2 aromatic carbocycles. The van der Waals surface area contributed by atoms with E-state index in [1.165, 1.54) is 11.7 Å². The SMILES string of the molecule is COC(=O)CC(c1c(OC)cc(C)c2c1ccn2C(=O)OC(C)(C)C)c1[nH]c2cc(C#N)ccc2[n+]1COCC[Si](C)(C)C. The molecule has 10 nitrogen and oxygen atoms in total. The Labute approximate surface area is 259 Å². The molecule has 2 heterocycles. The van der Waals surface area contributed by atoms with Gasteiger partial charge in [0, 0.05) is 37.9 Å². The van der Waals surface area contributed by atoms with Gasteiger partial charge >= 0.3 is 12.1 Å². The van der Waals surface area contributed by atoms with E-state index in [2.05, 4.69) is 30.7 Å². The lowest BCUT2D eigenvalue weighted by Crippen LogP contribution is -2.41. The third-order valence-corrected chi connectivity index (χ3v) is 9.14. The molecule has 1 atom stereocenters. The zero-order chi connectivity index (χ0) is 32.4. The first-order valence-corrected chi connectivity index (χ1v) is 18.4. The largest absolute Gasteiger partial charge is 0.496 e. The molecule has 0 aliphatic heterocycles. The van der Waals surface area contributed by atoms with Crippen molar-refractivity contribution < 1.29 is 33.1 Å². The maximum atomic E-state index is 13.3. The lowest BCUT2D eigenvalue weighted by Gasteiger charge is -2.21. The van der Waals surface area contributed by atoms with E-state index < -0.39 is 31.7 Å². The van der Waals surface area contributed by atoms with Crippen LogP contribution in [0.2, 0.25) is 25.7 Å². The summed E-state index contributed by atoms with van der Waals surface area (Å²) in [4.78, 5) is 29.7. The third kappa shape index (κ3) is 7.14. The molecule has 0 bridgehead atoms. The van der Waals surface area contributed by atoms with Crippen LogP contribution in [-0.4, -0.2) is 56.1 Å². The van der Waals surface area contributed by atoms with Crippen molar-refractivity contribution in [3.05, 3.63) is 59.0 Å². The fraction of sp³-hybridized carbons (Fsp3) is 0.455. The highest BCUT2D eigenvalue weighted by Gasteiger charge is 2.36. The van der Waals surface area contributed by atoms with Crippen molar-refractivity contribution in [3.8, 4) is 11.8 Å². The van der Waals surface area contributed by atoms with Crippen LogP contribution in [-0.2, 0) is 25.7 Å². The highest BCUT2D eigenvalue weighted by atomic mass is 28.3. The second-order valence-electron chi connectivity index (χ2n) is 13.2. The van der Waals surface area contributed by atoms with Crippen LogP contribution in [0.5, 0.6) is 5.75 Å². The molecule has 0 saturated carbocycles. The van der Waals surface area contributed by atoms with Crippen molar-refractivity contribution in [2.24, 2.45) is 0 Å². The lowest BCUT2D eigenvalue weighted by atomic mass is 9.89. The zero-order valence-corrected chi connectivity index (χ0v) is 28.2. The van der Waals surface area contributed by atoms with Crippen molar-refractivity contribution in [2.45, 2.75) is 78.1 Å². The lowest BCUT2D eigenvalue weighted by molar-refractivity contribution is -0.716. The minimum atomic E-state index is -1.33. The molecule has 0 aliphatic rings. The van der Waals surface area contributed by atoms with Crippen LogP contribution in [0.25, 0.3) is 21.9 Å². The van der Waals surface area contributed by atoms with Gasteiger partial charge in [-0.2, -0.15) is 5.26 Å². The predicted molar refractivity (Wildman–Crippen MR) is 171 cm³/mol. The number of aromatic nitrogens is 3. The molecule has 4 aromatic rings. The number of nitriles is 1. The number of fused-ring (bicyclic) bond motifs is 2. The minimum Gasteiger partial charge on any atom is -0.496 e. The zero-order valence-electron chi connectivity index (χ0n) is 27.2. The average molecular weight is 620 g/mol. The summed E-state index contributed by atoms with van der Waals surface area (Å²) in [6, 6.07) is 12.3. The van der Waals surface area contributed by atoms with Crippen LogP contribution in [0.15, 0.2) is 36.5 Å². The molecule has 0 spiro atoms. The van der Waals surface area contributed by atoms with Crippen molar-refractivity contribution in [3.63, 3.8) is 0 Å². The summed E-state index contributed by atoms with van der Waals surface area (Å²) in [6.07, 6.45) is 1.16. The van der Waals surface area contributed by atoms with E-state index in [1.807, 2.05) is 50.5 Å². The number of aromatic amines is 1. The maximum Gasteiger partial charge on any atom is 0.419 e. The van der Waals surface area contributed by atoms with E-state index >= 15 is 0 Å². The van der Waals surface area contributed by atoms with Crippen molar-refractivity contribution >= 4 is 42.1 Å². The van der Waals surface area contributed by atoms with Gasteiger partial charge in [0.1, 0.15) is 17.3 Å². The Balaban J connectivity index is 1.96. The van der Waals surface area contributed by atoms with E-state index in [1.54, 1.807) is 25.4 Å². The summed E-state index contributed by atoms with van der Waals surface area (Å²) in [5, 5.41) is 10.3. The summed E-state index contributed by atoms with van der Waals surface area (Å²) < 4.78 is 26.5. The summed E-state index contributed by atoms with van der Waals surface area (Å²) in [6.45, 7) is 15.1. The van der Waals surface area contributed by atoms with Gasteiger partial charge < -0.3 is 18.9 Å². The Morgan fingerprint density at radius 2 is 1.86 bits per heavy atom. The first-order valence-electron chi connectivity index (χ1n) is 14.7. The number of hydrogen-bond donors (Lipinski definition) is 1. The maximum absolute atomic E-state index is 13.3. The molecule has 11 heteroatoms. The van der Waals surface area contributed by atoms with E-state index in [-0.39, 0.29) is 13.2 Å². The van der Waals surface area contributed by atoms with Crippen LogP contribution in [0.1, 0.15) is 55.6 Å². The van der Waals surface area contributed by atoms with Gasteiger partial charge in [0.25, 0.3) is 5.82 Å². The fourth-order valence-electron chi connectivity index (χ4n) is 5.33. The van der Waals surface area contributed by atoms with Gasteiger partial charge in [-0.3, -0.25) is 9.36 Å². The molecule has 0 aliphatic carbocycles. The van der Waals surface area contributed by atoms with Crippen molar-refractivity contribution in [2.75, 3.05) is 20.8 Å². The third-order valence-electron chi connectivity index (χ3n) is 7.44. The van der Waals surface area contributed by atoms with Gasteiger partial charge in [-0.25, -0.2) is 14.3 Å². The highest BCUT2D eigenvalue weighted by molar-refractivity contribution is 6.76. The summed E-state index contributed by atoms with van der Waals surface area (Å²) in [5.41, 5.74) is 3.57. The number of esters is 1. The number of carbonyl (C=O) groups excluding carboxylic acids is 2. The number of aryl methyl sites for hydroxylation is 1. The number of benzene rings is 2. The number of nitrogens with one attached hydrogen (secondary N) is 1. The van der Waals surface area contributed by atoms with Crippen LogP contribution < -0.4 is 9.30 Å². The monoisotopic (exact) mass is 619 g/mol. The molecule has 1 N–H and O–H groups in total. The summed E-state index contributed by atoms with van der Waals surface area (Å²) in [5.74, 6) is 0.240. The molecule has 4 rings (SSSR count). The van der Waals surface area contributed by atoms with E-state index in [9.17, 15) is 14.9 Å². The molecular formula is C33H43N4O6Si+. The number of rotatable bonds is 10. The number of carbonyl (C=O) groups is 2. The molecule has 234 valence electrons. The molecule has 0 fully saturated rings. The van der Waals surface area contributed by atoms with E-state index in [0.717, 1.165) is 28.0 Å². The van der Waals surface area contributed by atoms with E-state index in [0.29, 0.717) is 34.8 Å². The Hall–Kier alpha value is -4.14. The van der Waals surface area contributed by atoms with Gasteiger partial charge in [-0.15, -0.1) is 0 Å². The van der Waals surface area contributed by atoms with Crippen molar-refractivity contribution in [1.29, 1.82) is 5.26 Å². The quantitative estimate of drug-likeness (QED) is 0.0946. The number of ether oxygens (including phenoxy) is 4. The van der Waals surface area contributed by atoms with Crippen LogP contribution >= 0.6 is 0 Å². The normalized spacial score (nSPS) is 12.7. The Morgan fingerprint density at radius 1 is 1.14 bits per heavy atom. The average Bonchev–Trinajstić information content (AvgIpc) is 3.55. The smallest absolute Gasteiger partial charge is 0.419 e. The Kier molecular flexibility index (Phi) is 9.56. The van der Waals surface area contributed by atoms with E-state index in [4.69, 9.17) is 18.9 Å². The number of hydrogen-bond acceptors (Lipinski definition) is 7. The first-order chi connectivity index (χ1) is 20.7. The first kappa shape index (κ1) is 32.8.